The highest BCUT2D eigenvalue weighted by Gasteiger charge is 2.32. The summed E-state index contributed by atoms with van der Waals surface area (Å²) >= 11 is 0. The lowest BCUT2D eigenvalue weighted by Crippen LogP contribution is -2.35. The van der Waals surface area contributed by atoms with E-state index in [0.717, 1.165) is 34.6 Å². The number of hydrogen-bond acceptors (Lipinski definition) is 8. The van der Waals surface area contributed by atoms with E-state index < -0.39 is 5.60 Å². The van der Waals surface area contributed by atoms with E-state index in [1.807, 2.05) is 43.7 Å². The first-order valence-corrected chi connectivity index (χ1v) is 11.4. The van der Waals surface area contributed by atoms with Crippen LogP contribution >= 0.6 is 0 Å². The lowest BCUT2D eigenvalue weighted by atomic mass is 10.1. The van der Waals surface area contributed by atoms with E-state index >= 15 is 0 Å². The van der Waals surface area contributed by atoms with Crippen molar-refractivity contribution in [2.75, 3.05) is 33.0 Å². The van der Waals surface area contributed by atoms with Gasteiger partial charge in [0.2, 0.25) is 0 Å². The summed E-state index contributed by atoms with van der Waals surface area (Å²) in [5.74, 6) is 1.87. The van der Waals surface area contributed by atoms with Crippen molar-refractivity contribution in [3.05, 3.63) is 35.8 Å². The SMILES string of the molecule is COc1cc(CCc2nn([C@H]3CCN(C(=O)OC(C)(C)C)C3)c3ncnc(N)c23)cc(OC)c1. The van der Waals surface area contributed by atoms with Gasteiger partial charge in [-0.05, 0) is 57.7 Å². The number of likely N-dealkylation sites (tertiary alicyclic amines) is 1. The molecule has 2 aromatic heterocycles. The number of aryl methyl sites for hydroxylation is 2. The molecular formula is C24H32N6O4. The lowest BCUT2D eigenvalue weighted by Gasteiger charge is -2.24. The van der Waals surface area contributed by atoms with Crippen LogP contribution < -0.4 is 15.2 Å². The van der Waals surface area contributed by atoms with Gasteiger partial charge in [-0.15, -0.1) is 0 Å². The lowest BCUT2D eigenvalue weighted by molar-refractivity contribution is 0.0288. The molecule has 3 heterocycles. The zero-order valence-corrected chi connectivity index (χ0v) is 20.4. The van der Waals surface area contributed by atoms with Crippen LogP contribution in [0.3, 0.4) is 0 Å². The van der Waals surface area contributed by atoms with Crippen molar-refractivity contribution in [3.8, 4) is 11.5 Å². The van der Waals surface area contributed by atoms with Crippen LogP contribution in [0.25, 0.3) is 11.0 Å². The smallest absolute Gasteiger partial charge is 0.410 e. The van der Waals surface area contributed by atoms with Gasteiger partial charge in [-0.3, -0.25) is 0 Å². The molecule has 1 aromatic carbocycles. The van der Waals surface area contributed by atoms with Crippen LogP contribution in [-0.2, 0) is 17.6 Å². The average molecular weight is 469 g/mol. The summed E-state index contributed by atoms with van der Waals surface area (Å²) in [6.07, 6.45) is 3.25. The summed E-state index contributed by atoms with van der Waals surface area (Å²) in [5, 5.41) is 5.65. The van der Waals surface area contributed by atoms with Crippen LogP contribution in [-0.4, -0.2) is 63.7 Å². The van der Waals surface area contributed by atoms with Crippen LogP contribution in [0.5, 0.6) is 11.5 Å². The maximum Gasteiger partial charge on any atom is 0.410 e. The Morgan fingerprint density at radius 2 is 1.82 bits per heavy atom. The number of carbonyl (C=O) groups is 1. The molecule has 1 aliphatic rings. The average Bonchev–Trinajstić information content (AvgIpc) is 3.42. The Bertz CT molecular complexity index is 1160. The third-order valence-electron chi connectivity index (χ3n) is 5.81. The molecule has 4 rings (SSSR count). The van der Waals surface area contributed by atoms with E-state index in [1.165, 1.54) is 6.33 Å². The first kappa shape index (κ1) is 23.6. The molecule has 34 heavy (non-hydrogen) atoms. The van der Waals surface area contributed by atoms with Crippen LogP contribution in [0, 0.1) is 0 Å². The highest BCUT2D eigenvalue weighted by atomic mass is 16.6. The van der Waals surface area contributed by atoms with E-state index in [4.69, 9.17) is 25.0 Å². The van der Waals surface area contributed by atoms with Crippen LogP contribution in [0.15, 0.2) is 24.5 Å². The molecule has 0 unspecified atom stereocenters. The number of carbonyl (C=O) groups excluding carboxylic acids is 1. The number of ether oxygens (including phenoxy) is 3. The van der Waals surface area contributed by atoms with Gasteiger partial charge in [0.05, 0.1) is 31.3 Å². The number of hydrogen-bond donors (Lipinski definition) is 1. The van der Waals surface area contributed by atoms with E-state index in [-0.39, 0.29) is 12.1 Å². The van der Waals surface area contributed by atoms with Gasteiger partial charge in [0, 0.05) is 19.2 Å². The maximum absolute atomic E-state index is 12.5. The predicted octanol–water partition coefficient (Wildman–Crippen LogP) is 3.39. The van der Waals surface area contributed by atoms with Crippen molar-refractivity contribution in [2.24, 2.45) is 0 Å². The van der Waals surface area contributed by atoms with Gasteiger partial charge in [0.15, 0.2) is 5.65 Å². The zero-order valence-electron chi connectivity index (χ0n) is 20.4. The quantitative estimate of drug-likeness (QED) is 0.585. The number of rotatable bonds is 6. The van der Waals surface area contributed by atoms with Gasteiger partial charge in [-0.2, -0.15) is 5.10 Å². The second kappa shape index (κ2) is 9.36. The summed E-state index contributed by atoms with van der Waals surface area (Å²) < 4.78 is 18.2. The third-order valence-corrected chi connectivity index (χ3v) is 5.81. The fourth-order valence-electron chi connectivity index (χ4n) is 4.20. The van der Waals surface area contributed by atoms with Gasteiger partial charge in [-0.1, -0.05) is 0 Å². The summed E-state index contributed by atoms with van der Waals surface area (Å²) in [6, 6.07) is 5.79. The molecule has 10 nitrogen and oxygen atoms in total. The topological polar surface area (TPSA) is 118 Å². The van der Waals surface area contributed by atoms with Crippen molar-refractivity contribution < 1.29 is 19.0 Å². The number of nitrogens with zero attached hydrogens (tertiary/aromatic N) is 5. The molecule has 1 fully saturated rings. The summed E-state index contributed by atoms with van der Waals surface area (Å²) in [7, 11) is 3.27. The Morgan fingerprint density at radius 1 is 1.12 bits per heavy atom. The molecule has 182 valence electrons. The molecule has 10 heteroatoms. The zero-order chi connectivity index (χ0) is 24.5. The molecule has 1 atom stereocenters. The number of nitrogen functional groups attached to an aromatic ring is 1. The van der Waals surface area contributed by atoms with E-state index in [1.54, 1.807) is 19.1 Å². The van der Waals surface area contributed by atoms with Crippen molar-refractivity contribution in [2.45, 2.75) is 51.7 Å². The largest absolute Gasteiger partial charge is 0.497 e. The molecule has 0 radical (unpaired) electrons. The Labute approximate surface area is 199 Å². The standard InChI is InChI=1S/C24H32N6O4/c1-24(2,3)34-23(31)29-9-8-16(13-29)30-22-20(21(25)26-14-27-22)19(28-30)7-6-15-10-17(32-4)12-18(11-15)33-5/h10-12,14,16H,6-9,13H2,1-5H3,(H2,25,26,27)/t16-/m0/s1. The Kier molecular flexibility index (Phi) is 6.49. The van der Waals surface area contributed by atoms with Gasteiger partial charge in [0.25, 0.3) is 0 Å². The fraction of sp³-hybridized carbons (Fsp3) is 0.500. The molecule has 1 amide bonds. The second-order valence-electron chi connectivity index (χ2n) is 9.44. The fourth-order valence-corrected chi connectivity index (χ4v) is 4.20. The summed E-state index contributed by atoms with van der Waals surface area (Å²) in [6.45, 7) is 6.69. The Balaban J connectivity index is 1.58. The van der Waals surface area contributed by atoms with Crippen molar-refractivity contribution in [1.29, 1.82) is 0 Å². The van der Waals surface area contributed by atoms with Gasteiger partial charge in [-0.25, -0.2) is 19.4 Å². The molecular weight excluding hydrogens is 436 g/mol. The monoisotopic (exact) mass is 468 g/mol. The second-order valence-corrected chi connectivity index (χ2v) is 9.44. The molecule has 0 saturated carbocycles. The number of amides is 1. The summed E-state index contributed by atoms with van der Waals surface area (Å²) in [4.78, 5) is 22.9. The molecule has 0 spiro atoms. The minimum atomic E-state index is -0.536. The van der Waals surface area contributed by atoms with E-state index in [2.05, 4.69) is 9.97 Å². The van der Waals surface area contributed by atoms with Crippen LogP contribution in [0.1, 0.15) is 44.5 Å². The van der Waals surface area contributed by atoms with Gasteiger partial charge >= 0.3 is 6.09 Å². The van der Waals surface area contributed by atoms with Crippen LogP contribution in [0.4, 0.5) is 10.6 Å². The minimum absolute atomic E-state index is 0.0185. The first-order chi connectivity index (χ1) is 16.2. The number of anilines is 1. The molecule has 1 saturated heterocycles. The first-order valence-electron chi connectivity index (χ1n) is 11.4. The minimum Gasteiger partial charge on any atom is -0.497 e. The number of aromatic nitrogens is 4. The number of fused-ring (bicyclic) bond motifs is 1. The Morgan fingerprint density at radius 3 is 2.47 bits per heavy atom. The van der Waals surface area contributed by atoms with E-state index in [9.17, 15) is 4.79 Å². The van der Waals surface area contributed by atoms with Crippen molar-refractivity contribution >= 4 is 22.9 Å². The number of nitrogens with two attached hydrogens (primary N) is 1. The maximum atomic E-state index is 12.5. The molecule has 2 N–H and O–H groups in total. The Hall–Kier alpha value is -3.56. The summed E-state index contributed by atoms with van der Waals surface area (Å²) in [5.41, 5.74) is 8.28. The van der Waals surface area contributed by atoms with Crippen LogP contribution in [0.2, 0.25) is 0 Å². The molecule has 3 aromatic rings. The molecule has 0 bridgehead atoms. The molecule has 0 aliphatic carbocycles. The number of benzene rings is 1. The van der Waals surface area contributed by atoms with E-state index in [0.29, 0.717) is 37.4 Å². The van der Waals surface area contributed by atoms with Crippen molar-refractivity contribution in [1.82, 2.24) is 24.6 Å². The van der Waals surface area contributed by atoms with Gasteiger partial charge in [0.1, 0.15) is 29.2 Å². The predicted molar refractivity (Wildman–Crippen MR) is 128 cm³/mol. The third kappa shape index (κ3) is 5.00. The highest BCUT2D eigenvalue weighted by Crippen LogP contribution is 2.30. The number of methoxy groups -OCH3 is 2. The molecule has 1 aliphatic heterocycles. The van der Waals surface area contributed by atoms with Crippen molar-refractivity contribution in [3.63, 3.8) is 0 Å². The highest BCUT2D eigenvalue weighted by molar-refractivity contribution is 5.88. The van der Waals surface area contributed by atoms with Gasteiger partial charge < -0.3 is 24.8 Å². The normalized spacial score (nSPS) is 16.1.